The van der Waals surface area contributed by atoms with Gasteiger partial charge in [0.1, 0.15) is 0 Å². The molecule has 0 amide bonds. The molecule has 1 saturated heterocycles. The second-order valence-electron chi connectivity index (χ2n) is 8.00. The number of piperidine rings is 1. The molecule has 160 valence electrons. The Kier molecular flexibility index (Phi) is 6.89. The number of hydrogen-bond acceptors (Lipinski definition) is 3. The average Bonchev–Trinajstić information content (AvgIpc) is 2.69. The van der Waals surface area contributed by atoms with E-state index in [2.05, 4.69) is 4.90 Å². The highest BCUT2D eigenvalue weighted by molar-refractivity contribution is 7.91. The molecule has 29 heavy (non-hydrogen) atoms. The number of likely N-dealkylation sites (tertiary alicyclic amines) is 1. The van der Waals surface area contributed by atoms with Crippen LogP contribution >= 0.6 is 0 Å². The van der Waals surface area contributed by atoms with E-state index >= 15 is 0 Å². The molecule has 0 bridgehead atoms. The Hall–Kier alpha value is -1.60. The minimum Gasteiger partial charge on any atom is -0.299 e. The molecule has 1 heterocycles. The summed E-state index contributed by atoms with van der Waals surface area (Å²) in [6.07, 6.45) is 4.37. The molecule has 7 heteroatoms. The van der Waals surface area contributed by atoms with Gasteiger partial charge >= 0.3 is 6.18 Å². The number of benzene rings is 1. The third-order valence-electron chi connectivity index (χ3n) is 6.01. The van der Waals surface area contributed by atoms with Crippen LogP contribution in [0.25, 0.3) is 0 Å². The van der Waals surface area contributed by atoms with Crippen LogP contribution in [-0.4, -0.2) is 38.3 Å². The van der Waals surface area contributed by atoms with Crippen molar-refractivity contribution in [1.29, 1.82) is 0 Å². The maximum Gasteiger partial charge on any atom is 0.395 e. The molecule has 0 aromatic heterocycles. The van der Waals surface area contributed by atoms with E-state index in [1.165, 1.54) is 12.2 Å². The van der Waals surface area contributed by atoms with Crippen LogP contribution in [-0.2, 0) is 16.4 Å². The van der Waals surface area contributed by atoms with E-state index in [4.69, 9.17) is 0 Å². The van der Waals surface area contributed by atoms with E-state index in [0.717, 1.165) is 38.0 Å². The van der Waals surface area contributed by atoms with Gasteiger partial charge in [-0.25, -0.2) is 8.42 Å². The van der Waals surface area contributed by atoms with Crippen molar-refractivity contribution in [3.05, 3.63) is 54.1 Å². The summed E-state index contributed by atoms with van der Waals surface area (Å²) in [6.45, 7) is 4.06. The van der Waals surface area contributed by atoms with Crippen molar-refractivity contribution >= 4 is 9.84 Å². The Bertz CT molecular complexity index is 836. The molecule has 0 N–H and O–H groups in total. The van der Waals surface area contributed by atoms with Crippen molar-refractivity contribution in [2.45, 2.75) is 43.8 Å². The summed E-state index contributed by atoms with van der Waals surface area (Å²) in [5, 5.41) is 0. The lowest BCUT2D eigenvalue weighted by atomic mass is 9.78. The first-order valence-electron chi connectivity index (χ1n) is 10.1. The second-order valence-corrected chi connectivity index (χ2v) is 10.3. The smallest absolute Gasteiger partial charge is 0.299 e. The van der Waals surface area contributed by atoms with Gasteiger partial charge in [-0.1, -0.05) is 43.4 Å². The quantitative estimate of drug-likeness (QED) is 0.641. The average molecular weight is 428 g/mol. The summed E-state index contributed by atoms with van der Waals surface area (Å²) >= 11 is 0. The van der Waals surface area contributed by atoms with Gasteiger partial charge in [0, 0.05) is 6.54 Å². The fourth-order valence-electron chi connectivity index (χ4n) is 4.22. The van der Waals surface area contributed by atoms with Gasteiger partial charge in [0.2, 0.25) is 0 Å². The molecule has 2 aliphatic rings. The first kappa shape index (κ1) is 22.1. The molecule has 1 aliphatic heterocycles. The molecule has 0 radical (unpaired) electrons. The highest BCUT2D eigenvalue weighted by atomic mass is 32.2. The number of sulfone groups is 1. The second kappa shape index (κ2) is 9.04. The molecule has 2 atom stereocenters. The van der Waals surface area contributed by atoms with Gasteiger partial charge in [-0.3, -0.25) is 4.90 Å². The highest BCUT2D eigenvalue weighted by Crippen LogP contribution is 2.40. The maximum atomic E-state index is 13.2. The fourth-order valence-corrected chi connectivity index (χ4v) is 5.11. The molecule has 1 aliphatic carbocycles. The van der Waals surface area contributed by atoms with Gasteiger partial charge in [0.25, 0.3) is 0 Å². The van der Waals surface area contributed by atoms with Crippen molar-refractivity contribution in [2.24, 2.45) is 17.8 Å². The van der Waals surface area contributed by atoms with Gasteiger partial charge in [0.05, 0.1) is 16.6 Å². The van der Waals surface area contributed by atoms with Gasteiger partial charge < -0.3 is 0 Å². The number of hydrogen-bond donors (Lipinski definition) is 0. The normalized spacial score (nSPS) is 24.1. The van der Waals surface area contributed by atoms with Gasteiger partial charge in [-0.2, -0.15) is 13.2 Å². The molecule has 0 saturated carbocycles. The number of rotatable bonds is 6. The minimum absolute atomic E-state index is 0.0844. The summed E-state index contributed by atoms with van der Waals surface area (Å²) in [5.41, 5.74) is 1.05. The van der Waals surface area contributed by atoms with Crippen LogP contribution in [0.2, 0.25) is 0 Å². The number of halogens is 3. The van der Waals surface area contributed by atoms with Crippen molar-refractivity contribution in [3.8, 4) is 0 Å². The molecule has 3 nitrogen and oxygen atoms in total. The number of allylic oxidation sites excluding steroid dienone is 4. The third-order valence-corrected chi connectivity index (χ3v) is 7.76. The monoisotopic (exact) mass is 427 g/mol. The standard InChI is InChI=1S/C22H28F3NO2S/c1-2-29(27,28)20-9-7-18(8-10-20)16-26-13-11-17(12-14-26)15-19-5-3-4-6-21(19)22(23,24)25/h3-10,17,19,21H,2,11-16H2,1H3. The zero-order valence-corrected chi connectivity index (χ0v) is 17.4. The summed E-state index contributed by atoms with van der Waals surface area (Å²) in [4.78, 5) is 2.63. The zero-order valence-electron chi connectivity index (χ0n) is 16.6. The van der Waals surface area contributed by atoms with Crippen LogP contribution in [0.4, 0.5) is 13.2 Å². The highest BCUT2D eigenvalue weighted by Gasteiger charge is 2.43. The summed E-state index contributed by atoms with van der Waals surface area (Å²) in [5.74, 6) is -1.46. The van der Waals surface area contributed by atoms with Crippen molar-refractivity contribution in [3.63, 3.8) is 0 Å². The van der Waals surface area contributed by atoms with E-state index in [-0.39, 0.29) is 5.75 Å². The van der Waals surface area contributed by atoms with Crippen LogP contribution in [0.1, 0.15) is 31.7 Å². The third kappa shape index (κ3) is 5.72. The minimum atomic E-state index is -4.19. The first-order chi connectivity index (χ1) is 13.7. The Morgan fingerprint density at radius 3 is 2.24 bits per heavy atom. The molecule has 1 aromatic rings. The summed E-state index contributed by atoms with van der Waals surface area (Å²) < 4.78 is 63.5. The van der Waals surface area contributed by atoms with Crippen LogP contribution in [0.3, 0.4) is 0 Å². The Balaban J connectivity index is 1.51. The number of nitrogens with zero attached hydrogens (tertiary/aromatic N) is 1. The Labute approximate surface area is 171 Å². The fraction of sp³-hybridized carbons (Fsp3) is 0.545. The SMILES string of the molecule is CCS(=O)(=O)c1ccc(CN2CCC(CC3C=CC=CC3C(F)(F)F)CC2)cc1. The zero-order chi connectivity index (χ0) is 21.1. The lowest BCUT2D eigenvalue weighted by molar-refractivity contribution is -0.171. The van der Waals surface area contributed by atoms with Crippen molar-refractivity contribution < 1.29 is 21.6 Å². The molecular weight excluding hydrogens is 399 g/mol. The molecule has 1 aromatic carbocycles. The largest absolute Gasteiger partial charge is 0.395 e. The molecular formula is C22H28F3NO2S. The summed E-state index contributed by atoms with van der Waals surface area (Å²) in [6, 6.07) is 7.01. The molecule has 2 unspecified atom stereocenters. The first-order valence-corrected chi connectivity index (χ1v) is 11.8. The van der Waals surface area contributed by atoms with E-state index in [1.807, 2.05) is 12.1 Å². The Morgan fingerprint density at radius 1 is 1.03 bits per heavy atom. The number of alkyl halides is 3. The van der Waals surface area contributed by atoms with Crippen molar-refractivity contribution in [1.82, 2.24) is 4.90 Å². The van der Waals surface area contributed by atoms with Gasteiger partial charge in [-0.05, 0) is 61.9 Å². The maximum absolute atomic E-state index is 13.2. The van der Waals surface area contributed by atoms with Crippen molar-refractivity contribution in [2.75, 3.05) is 18.8 Å². The van der Waals surface area contributed by atoms with Crippen LogP contribution in [0.15, 0.2) is 53.5 Å². The summed E-state index contributed by atoms with van der Waals surface area (Å²) in [7, 11) is -3.19. The van der Waals surface area contributed by atoms with Crippen LogP contribution < -0.4 is 0 Å². The van der Waals surface area contributed by atoms with Gasteiger partial charge in [-0.15, -0.1) is 0 Å². The van der Waals surface area contributed by atoms with Gasteiger partial charge in [0.15, 0.2) is 9.84 Å². The Morgan fingerprint density at radius 2 is 1.66 bits per heavy atom. The van der Waals surface area contributed by atoms with E-state index in [9.17, 15) is 21.6 Å². The molecule has 1 fully saturated rings. The predicted octanol–water partition coefficient (Wildman–Crippen LogP) is 5.00. The van der Waals surface area contributed by atoms with E-state index < -0.39 is 27.8 Å². The van der Waals surface area contributed by atoms with Crippen LogP contribution in [0, 0.1) is 17.8 Å². The lowest BCUT2D eigenvalue weighted by Crippen LogP contribution is -2.36. The molecule has 3 rings (SSSR count). The van der Waals surface area contributed by atoms with E-state index in [1.54, 1.807) is 31.2 Å². The van der Waals surface area contributed by atoms with Crippen LogP contribution in [0.5, 0.6) is 0 Å². The predicted molar refractivity (Wildman–Crippen MR) is 108 cm³/mol. The van der Waals surface area contributed by atoms with E-state index in [0.29, 0.717) is 17.2 Å². The lowest BCUT2D eigenvalue weighted by Gasteiger charge is -2.35. The molecule has 0 spiro atoms. The topological polar surface area (TPSA) is 37.4 Å².